The van der Waals surface area contributed by atoms with E-state index >= 15 is 0 Å². The first kappa shape index (κ1) is 15.3. The lowest BCUT2D eigenvalue weighted by atomic mass is 9.93. The summed E-state index contributed by atoms with van der Waals surface area (Å²) in [6.45, 7) is 0. The largest absolute Gasteiger partial charge is 0.497 e. The van der Waals surface area contributed by atoms with E-state index in [9.17, 15) is 9.90 Å². The normalized spacial score (nSPS) is 11.9. The van der Waals surface area contributed by atoms with E-state index in [1.807, 2.05) is 24.3 Å². The first-order valence-corrected chi connectivity index (χ1v) is 6.92. The summed E-state index contributed by atoms with van der Waals surface area (Å²) in [4.78, 5) is 15.4. The second-order valence-electron chi connectivity index (χ2n) is 4.76. The molecular weight excluding hydrogens is 290 g/mol. The first-order chi connectivity index (χ1) is 10.1. The highest BCUT2D eigenvalue weighted by molar-refractivity contribution is 6.31. The summed E-state index contributed by atoms with van der Waals surface area (Å²) in [5.74, 6) is -0.665. The van der Waals surface area contributed by atoms with Crippen LogP contribution in [0.5, 0.6) is 5.75 Å². The zero-order valence-electron chi connectivity index (χ0n) is 11.6. The van der Waals surface area contributed by atoms with Crippen LogP contribution in [0.1, 0.15) is 11.1 Å². The van der Waals surface area contributed by atoms with Gasteiger partial charge in [0.15, 0.2) is 0 Å². The predicted molar refractivity (Wildman–Crippen MR) is 80.8 cm³/mol. The number of carboxylic acid groups (broad SMARTS) is 1. The van der Waals surface area contributed by atoms with Crippen molar-refractivity contribution in [1.82, 2.24) is 4.98 Å². The van der Waals surface area contributed by atoms with Gasteiger partial charge in [0.25, 0.3) is 0 Å². The van der Waals surface area contributed by atoms with Crippen LogP contribution in [-0.4, -0.2) is 23.2 Å². The smallest absolute Gasteiger partial charge is 0.307 e. The van der Waals surface area contributed by atoms with Crippen molar-refractivity contribution in [2.45, 2.75) is 12.8 Å². The van der Waals surface area contributed by atoms with E-state index in [-0.39, 0.29) is 0 Å². The van der Waals surface area contributed by atoms with Gasteiger partial charge in [0.05, 0.1) is 18.1 Å². The van der Waals surface area contributed by atoms with E-state index in [2.05, 4.69) is 4.98 Å². The maximum absolute atomic E-state index is 11.5. The fourth-order valence-corrected chi connectivity index (χ4v) is 2.36. The van der Waals surface area contributed by atoms with Crippen LogP contribution >= 0.6 is 11.6 Å². The Hall–Kier alpha value is -2.07. The van der Waals surface area contributed by atoms with Gasteiger partial charge in [0, 0.05) is 12.4 Å². The Morgan fingerprint density at radius 2 is 2.19 bits per heavy atom. The number of hydrogen-bond acceptors (Lipinski definition) is 3. The zero-order chi connectivity index (χ0) is 15.2. The van der Waals surface area contributed by atoms with Crippen molar-refractivity contribution in [3.05, 3.63) is 58.9 Å². The molecule has 1 heterocycles. The molecule has 1 unspecified atom stereocenters. The summed E-state index contributed by atoms with van der Waals surface area (Å²) in [5, 5.41) is 9.92. The van der Waals surface area contributed by atoms with Gasteiger partial charge in [-0.15, -0.1) is 0 Å². The number of carbonyl (C=O) groups is 1. The van der Waals surface area contributed by atoms with Gasteiger partial charge in [-0.3, -0.25) is 9.78 Å². The zero-order valence-corrected chi connectivity index (χ0v) is 12.4. The number of aromatic nitrogens is 1. The van der Waals surface area contributed by atoms with E-state index in [4.69, 9.17) is 16.3 Å². The monoisotopic (exact) mass is 305 g/mol. The molecule has 21 heavy (non-hydrogen) atoms. The Labute approximate surface area is 128 Å². The minimum Gasteiger partial charge on any atom is -0.497 e. The van der Waals surface area contributed by atoms with Crippen molar-refractivity contribution in [2.24, 2.45) is 5.92 Å². The van der Waals surface area contributed by atoms with Crippen molar-refractivity contribution in [3.8, 4) is 5.75 Å². The Morgan fingerprint density at radius 1 is 1.38 bits per heavy atom. The molecule has 0 saturated carbocycles. The van der Waals surface area contributed by atoms with Crippen molar-refractivity contribution in [1.29, 1.82) is 0 Å². The molecule has 5 heteroatoms. The maximum atomic E-state index is 11.5. The molecule has 110 valence electrons. The Morgan fingerprint density at radius 3 is 2.86 bits per heavy atom. The van der Waals surface area contributed by atoms with E-state index in [0.717, 1.165) is 16.9 Å². The number of pyridine rings is 1. The van der Waals surface area contributed by atoms with Crippen LogP contribution < -0.4 is 4.74 Å². The minimum absolute atomic E-state index is 0.369. The number of rotatable bonds is 6. The van der Waals surface area contributed by atoms with E-state index in [0.29, 0.717) is 17.9 Å². The molecule has 0 amide bonds. The number of nitrogens with zero attached hydrogens (tertiary/aromatic N) is 1. The summed E-state index contributed by atoms with van der Waals surface area (Å²) in [6.07, 6.45) is 3.94. The number of methoxy groups -OCH3 is 1. The predicted octanol–water partition coefficient (Wildman–Crippen LogP) is 3.23. The molecule has 2 rings (SSSR count). The molecule has 1 aromatic heterocycles. The molecule has 0 aliphatic heterocycles. The van der Waals surface area contributed by atoms with Gasteiger partial charge in [-0.2, -0.15) is 0 Å². The van der Waals surface area contributed by atoms with Crippen LogP contribution in [0.25, 0.3) is 0 Å². The quantitative estimate of drug-likeness (QED) is 0.890. The summed E-state index contributed by atoms with van der Waals surface area (Å²) in [7, 11) is 1.59. The fourth-order valence-electron chi connectivity index (χ4n) is 2.17. The third-order valence-corrected chi connectivity index (χ3v) is 3.63. The van der Waals surface area contributed by atoms with Crippen LogP contribution in [0.3, 0.4) is 0 Å². The highest BCUT2D eigenvalue weighted by atomic mass is 35.5. The standard InChI is InChI=1S/C16H16ClNO3/c1-21-14-4-2-3-11(8-14)7-13(16(19)20)9-12-5-6-18-10-15(12)17/h2-6,8,10,13H,7,9H2,1H3,(H,19,20). The second kappa shape index (κ2) is 7.09. The molecule has 1 atom stereocenters. The SMILES string of the molecule is COc1cccc(CC(Cc2ccncc2Cl)C(=O)O)c1. The molecule has 0 fully saturated rings. The molecule has 0 aliphatic carbocycles. The van der Waals surface area contributed by atoms with Crippen molar-refractivity contribution < 1.29 is 14.6 Å². The van der Waals surface area contributed by atoms with E-state index < -0.39 is 11.9 Å². The third kappa shape index (κ3) is 4.20. The number of aliphatic carboxylic acids is 1. The van der Waals surface area contributed by atoms with Gasteiger partial charge in [-0.05, 0) is 42.2 Å². The molecule has 1 N–H and O–H groups in total. The lowest BCUT2D eigenvalue weighted by Crippen LogP contribution is -2.19. The molecular formula is C16H16ClNO3. The summed E-state index contributed by atoms with van der Waals surface area (Å²) in [6, 6.07) is 9.19. The van der Waals surface area contributed by atoms with Gasteiger partial charge >= 0.3 is 5.97 Å². The van der Waals surface area contributed by atoms with Gasteiger partial charge < -0.3 is 9.84 Å². The van der Waals surface area contributed by atoms with Crippen LogP contribution in [0.4, 0.5) is 0 Å². The molecule has 0 bridgehead atoms. The fraction of sp³-hybridized carbons (Fsp3) is 0.250. The lowest BCUT2D eigenvalue weighted by Gasteiger charge is -2.14. The van der Waals surface area contributed by atoms with E-state index in [1.165, 1.54) is 6.20 Å². The Balaban J connectivity index is 2.16. The molecule has 1 aromatic carbocycles. The molecule has 2 aromatic rings. The topological polar surface area (TPSA) is 59.4 Å². The Bertz CT molecular complexity index is 630. The van der Waals surface area contributed by atoms with Crippen LogP contribution in [-0.2, 0) is 17.6 Å². The average Bonchev–Trinajstić information content (AvgIpc) is 2.49. The molecule has 0 aliphatic rings. The number of ether oxygens (including phenoxy) is 1. The average molecular weight is 306 g/mol. The van der Waals surface area contributed by atoms with Crippen molar-refractivity contribution in [3.63, 3.8) is 0 Å². The highest BCUT2D eigenvalue weighted by Crippen LogP contribution is 2.22. The lowest BCUT2D eigenvalue weighted by molar-refractivity contribution is -0.141. The summed E-state index contributed by atoms with van der Waals surface area (Å²) in [5.41, 5.74) is 1.72. The van der Waals surface area contributed by atoms with Crippen LogP contribution in [0, 0.1) is 5.92 Å². The van der Waals surface area contributed by atoms with Crippen LogP contribution in [0.2, 0.25) is 5.02 Å². The number of carboxylic acids is 1. The summed E-state index contributed by atoms with van der Waals surface area (Å²) >= 11 is 6.05. The van der Waals surface area contributed by atoms with E-state index in [1.54, 1.807) is 19.4 Å². The van der Waals surface area contributed by atoms with Crippen molar-refractivity contribution >= 4 is 17.6 Å². The minimum atomic E-state index is -0.842. The van der Waals surface area contributed by atoms with Crippen molar-refractivity contribution in [2.75, 3.05) is 7.11 Å². The highest BCUT2D eigenvalue weighted by Gasteiger charge is 2.20. The van der Waals surface area contributed by atoms with Gasteiger partial charge in [-0.1, -0.05) is 23.7 Å². The number of halogens is 1. The third-order valence-electron chi connectivity index (χ3n) is 3.29. The van der Waals surface area contributed by atoms with Crippen LogP contribution in [0.15, 0.2) is 42.7 Å². The van der Waals surface area contributed by atoms with Gasteiger partial charge in [-0.25, -0.2) is 0 Å². The number of benzene rings is 1. The summed E-state index contributed by atoms with van der Waals surface area (Å²) < 4.78 is 5.16. The number of hydrogen-bond donors (Lipinski definition) is 1. The Kier molecular flexibility index (Phi) is 5.17. The first-order valence-electron chi connectivity index (χ1n) is 6.54. The van der Waals surface area contributed by atoms with Gasteiger partial charge in [0.2, 0.25) is 0 Å². The maximum Gasteiger partial charge on any atom is 0.307 e. The molecule has 0 saturated heterocycles. The molecule has 0 radical (unpaired) electrons. The molecule has 4 nitrogen and oxygen atoms in total. The molecule has 0 spiro atoms. The van der Waals surface area contributed by atoms with Gasteiger partial charge in [0.1, 0.15) is 5.75 Å². The second-order valence-corrected chi connectivity index (χ2v) is 5.17.